The zero-order chi connectivity index (χ0) is 12.1. The zero-order valence-electron chi connectivity index (χ0n) is 8.80. The Kier molecular flexibility index (Phi) is 5.55. The molecule has 1 rings (SSSR count). The number of carboxylic acid groups (broad SMARTS) is 1. The maximum atomic E-state index is 10.3. The van der Waals surface area contributed by atoms with Gasteiger partial charge >= 0.3 is 5.97 Å². The highest BCUT2D eigenvalue weighted by molar-refractivity contribution is 7.20. The molecule has 2 N–H and O–H groups in total. The van der Waals surface area contributed by atoms with E-state index in [-0.39, 0.29) is 12.5 Å². The number of rotatable bonds is 6. The third-order valence-corrected chi connectivity index (χ3v) is 3.69. The van der Waals surface area contributed by atoms with Crippen LogP contribution in [0.15, 0.2) is 6.07 Å². The van der Waals surface area contributed by atoms with E-state index in [0.717, 1.165) is 5.56 Å². The number of thiophene rings is 1. The molecule has 0 radical (unpaired) electrons. The first kappa shape index (κ1) is 13.8. The lowest BCUT2D eigenvalue weighted by molar-refractivity contribution is -0.137. The molecule has 0 bridgehead atoms. The SMILES string of the molecule is CC(NCCCC(=O)O)c1cc(Cl)sc1Cl. The number of hydrogen-bond donors (Lipinski definition) is 2. The van der Waals surface area contributed by atoms with Crippen LogP contribution in [0.4, 0.5) is 0 Å². The topological polar surface area (TPSA) is 49.3 Å². The van der Waals surface area contributed by atoms with E-state index in [0.29, 0.717) is 21.6 Å². The molecule has 0 spiro atoms. The molecule has 1 atom stereocenters. The van der Waals surface area contributed by atoms with Gasteiger partial charge in [-0.25, -0.2) is 0 Å². The second kappa shape index (κ2) is 6.45. The Balaban J connectivity index is 2.38. The van der Waals surface area contributed by atoms with Gasteiger partial charge in [0.15, 0.2) is 0 Å². The van der Waals surface area contributed by atoms with Crippen molar-refractivity contribution in [3.8, 4) is 0 Å². The molecule has 0 saturated heterocycles. The fourth-order valence-electron chi connectivity index (χ4n) is 1.32. The van der Waals surface area contributed by atoms with Gasteiger partial charge in [-0.1, -0.05) is 23.2 Å². The number of carbonyl (C=O) groups is 1. The van der Waals surface area contributed by atoms with E-state index in [2.05, 4.69) is 5.32 Å². The van der Waals surface area contributed by atoms with Crippen LogP contribution in [0.2, 0.25) is 8.67 Å². The van der Waals surface area contributed by atoms with Gasteiger partial charge in [-0.2, -0.15) is 0 Å². The lowest BCUT2D eigenvalue weighted by Crippen LogP contribution is -2.20. The van der Waals surface area contributed by atoms with Crippen molar-refractivity contribution < 1.29 is 9.90 Å². The molecule has 1 aromatic heterocycles. The Hall–Kier alpha value is -0.290. The lowest BCUT2D eigenvalue weighted by Gasteiger charge is -2.12. The quantitative estimate of drug-likeness (QED) is 0.784. The Bertz CT molecular complexity index is 368. The number of halogens is 2. The van der Waals surface area contributed by atoms with Crippen LogP contribution in [-0.2, 0) is 4.79 Å². The molecule has 0 aromatic carbocycles. The van der Waals surface area contributed by atoms with Crippen LogP contribution < -0.4 is 5.32 Å². The molecule has 90 valence electrons. The molecule has 0 aliphatic rings. The van der Waals surface area contributed by atoms with E-state index in [1.54, 1.807) is 0 Å². The third-order valence-electron chi connectivity index (χ3n) is 2.17. The van der Waals surface area contributed by atoms with E-state index in [4.69, 9.17) is 28.3 Å². The average Bonchev–Trinajstić information content (AvgIpc) is 2.52. The maximum absolute atomic E-state index is 10.3. The van der Waals surface area contributed by atoms with Gasteiger partial charge in [0, 0.05) is 12.5 Å². The van der Waals surface area contributed by atoms with Gasteiger partial charge in [-0.15, -0.1) is 11.3 Å². The van der Waals surface area contributed by atoms with E-state index >= 15 is 0 Å². The Labute approximate surface area is 108 Å². The van der Waals surface area contributed by atoms with Crippen LogP contribution in [0.25, 0.3) is 0 Å². The van der Waals surface area contributed by atoms with Gasteiger partial charge in [0.1, 0.15) is 0 Å². The summed E-state index contributed by atoms with van der Waals surface area (Å²) in [4.78, 5) is 10.3. The van der Waals surface area contributed by atoms with Crippen molar-refractivity contribution in [2.24, 2.45) is 0 Å². The molecular weight excluding hydrogens is 269 g/mol. The first-order valence-corrected chi connectivity index (χ1v) is 6.48. The van der Waals surface area contributed by atoms with Crippen molar-refractivity contribution >= 4 is 40.5 Å². The first-order chi connectivity index (χ1) is 7.50. The summed E-state index contributed by atoms with van der Waals surface area (Å²) >= 11 is 13.2. The van der Waals surface area contributed by atoms with E-state index in [9.17, 15) is 4.79 Å². The molecule has 1 aromatic rings. The molecular formula is C10H13Cl2NO2S. The highest BCUT2D eigenvalue weighted by atomic mass is 35.5. The summed E-state index contributed by atoms with van der Waals surface area (Å²) in [6.07, 6.45) is 0.785. The summed E-state index contributed by atoms with van der Waals surface area (Å²) < 4.78 is 1.35. The normalized spacial score (nSPS) is 12.7. The molecule has 0 saturated carbocycles. The van der Waals surface area contributed by atoms with E-state index in [1.165, 1.54) is 11.3 Å². The molecule has 16 heavy (non-hydrogen) atoms. The van der Waals surface area contributed by atoms with Crippen LogP contribution in [0, 0.1) is 0 Å². The molecule has 0 aliphatic heterocycles. The Morgan fingerprint density at radius 2 is 2.31 bits per heavy atom. The van der Waals surface area contributed by atoms with Gasteiger partial charge in [0.05, 0.1) is 8.67 Å². The molecule has 0 aliphatic carbocycles. The van der Waals surface area contributed by atoms with Gasteiger partial charge in [-0.3, -0.25) is 4.79 Å². The molecule has 1 unspecified atom stereocenters. The zero-order valence-corrected chi connectivity index (χ0v) is 11.1. The van der Waals surface area contributed by atoms with Gasteiger partial charge in [0.2, 0.25) is 0 Å². The summed E-state index contributed by atoms with van der Waals surface area (Å²) in [6.45, 7) is 2.63. The standard InChI is InChI=1S/C10H13Cl2NO2S/c1-6(13-4-2-3-9(14)15)7-5-8(11)16-10(7)12/h5-6,13H,2-4H2,1H3,(H,14,15). The molecule has 3 nitrogen and oxygen atoms in total. The van der Waals surface area contributed by atoms with E-state index in [1.807, 2.05) is 13.0 Å². The average molecular weight is 282 g/mol. The first-order valence-electron chi connectivity index (χ1n) is 4.90. The highest BCUT2D eigenvalue weighted by Gasteiger charge is 2.12. The fraction of sp³-hybridized carbons (Fsp3) is 0.500. The van der Waals surface area contributed by atoms with E-state index < -0.39 is 5.97 Å². The van der Waals surface area contributed by atoms with Crippen molar-refractivity contribution in [2.75, 3.05) is 6.54 Å². The predicted octanol–water partition coefficient (Wildman–Crippen LogP) is 3.57. The van der Waals surface area contributed by atoms with Crippen LogP contribution in [0.3, 0.4) is 0 Å². The smallest absolute Gasteiger partial charge is 0.303 e. The second-order valence-corrected chi connectivity index (χ2v) is 5.74. The van der Waals surface area contributed by atoms with Crippen LogP contribution in [-0.4, -0.2) is 17.6 Å². The largest absolute Gasteiger partial charge is 0.481 e. The number of aliphatic carboxylic acids is 1. The molecule has 0 fully saturated rings. The van der Waals surface area contributed by atoms with Gasteiger partial charge in [0.25, 0.3) is 0 Å². The van der Waals surface area contributed by atoms with Crippen LogP contribution in [0.1, 0.15) is 31.4 Å². The summed E-state index contributed by atoms with van der Waals surface area (Å²) in [7, 11) is 0. The lowest BCUT2D eigenvalue weighted by atomic mass is 10.2. The Morgan fingerprint density at radius 1 is 1.62 bits per heavy atom. The molecule has 6 heteroatoms. The minimum Gasteiger partial charge on any atom is -0.481 e. The predicted molar refractivity (Wildman–Crippen MR) is 67.6 cm³/mol. The molecule has 1 heterocycles. The second-order valence-electron chi connectivity index (χ2n) is 3.45. The fourth-order valence-corrected chi connectivity index (χ4v) is 2.96. The van der Waals surface area contributed by atoms with Crippen molar-refractivity contribution in [1.82, 2.24) is 5.32 Å². The number of carboxylic acids is 1. The third kappa shape index (κ3) is 4.29. The monoisotopic (exact) mass is 281 g/mol. The summed E-state index contributed by atoms with van der Waals surface area (Å²) in [6, 6.07) is 1.92. The number of hydrogen-bond acceptors (Lipinski definition) is 3. The van der Waals surface area contributed by atoms with Crippen LogP contribution >= 0.6 is 34.5 Å². The Morgan fingerprint density at radius 3 is 2.81 bits per heavy atom. The van der Waals surface area contributed by atoms with Crippen molar-refractivity contribution in [2.45, 2.75) is 25.8 Å². The van der Waals surface area contributed by atoms with Gasteiger partial charge in [-0.05, 0) is 31.5 Å². The van der Waals surface area contributed by atoms with Gasteiger partial charge < -0.3 is 10.4 Å². The summed E-state index contributed by atoms with van der Waals surface area (Å²) in [5.74, 6) is -0.772. The number of nitrogens with one attached hydrogen (secondary N) is 1. The highest BCUT2D eigenvalue weighted by Crippen LogP contribution is 2.34. The molecule has 0 amide bonds. The minimum absolute atomic E-state index is 0.0880. The minimum atomic E-state index is -0.772. The summed E-state index contributed by atoms with van der Waals surface area (Å²) in [5.41, 5.74) is 0.965. The van der Waals surface area contributed by atoms with Crippen molar-refractivity contribution in [1.29, 1.82) is 0 Å². The van der Waals surface area contributed by atoms with Crippen LogP contribution in [0.5, 0.6) is 0 Å². The maximum Gasteiger partial charge on any atom is 0.303 e. The van der Waals surface area contributed by atoms with Crippen molar-refractivity contribution in [3.63, 3.8) is 0 Å². The summed E-state index contributed by atoms with van der Waals surface area (Å²) in [5, 5.41) is 11.7. The van der Waals surface area contributed by atoms with Crippen molar-refractivity contribution in [3.05, 3.63) is 20.3 Å².